The Hall–Kier alpha value is -3.07. The van der Waals surface area contributed by atoms with E-state index in [1.807, 2.05) is 19.9 Å². The van der Waals surface area contributed by atoms with Crippen LogP contribution in [0.5, 0.6) is 11.5 Å². The maximum Gasteiger partial charge on any atom is 0.344 e. The molecule has 1 amide bonds. The van der Waals surface area contributed by atoms with Crippen molar-refractivity contribution in [3.05, 3.63) is 40.3 Å². The van der Waals surface area contributed by atoms with E-state index in [1.165, 1.54) is 18.4 Å². The molecule has 1 N–H and O–H groups in total. The standard InChI is InChI=1S/C21H25NO7S/c1-5-14-10-15(21(25)27-6-2)20(30-14)22-18(23)11-29-19(24)12-28-16-8-7-13(3)9-17(16)26-4/h7-10H,5-6,11-12H2,1-4H3,(H,22,23). The molecule has 30 heavy (non-hydrogen) atoms. The number of anilines is 1. The van der Waals surface area contributed by atoms with Crippen LogP contribution < -0.4 is 14.8 Å². The molecular formula is C21H25NO7S. The van der Waals surface area contributed by atoms with E-state index in [2.05, 4.69) is 5.32 Å². The van der Waals surface area contributed by atoms with Gasteiger partial charge in [0.15, 0.2) is 24.7 Å². The van der Waals surface area contributed by atoms with Crippen molar-refractivity contribution in [3.8, 4) is 11.5 Å². The Bertz CT molecular complexity index is 907. The van der Waals surface area contributed by atoms with Crippen LogP contribution in [0.3, 0.4) is 0 Å². The highest BCUT2D eigenvalue weighted by Crippen LogP contribution is 2.29. The number of thiophene rings is 1. The number of aryl methyl sites for hydroxylation is 2. The summed E-state index contributed by atoms with van der Waals surface area (Å²) in [6.07, 6.45) is 0.710. The van der Waals surface area contributed by atoms with Crippen molar-refractivity contribution in [3.63, 3.8) is 0 Å². The number of benzene rings is 1. The van der Waals surface area contributed by atoms with Gasteiger partial charge in [-0.05, 0) is 44.0 Å². The normalized spacial score (nSPS) is 10.3. The molecule has 0 bridgehead atoms. The van der Waals surface area contributed by atoms with Gasteiger partial charge in [-0.15, -0.1) is 11.3 Å². The van der Waals surface area contributed by atoms with Crippen molar-refractivity contribution in [2.75, 3.05) is 32.2 Å². The Balaban J connectivity index is 1.88. The number of hydrogen-bond acceptors (Lipinski definition) is 8. The lowest BCUT2D eigenvalue weighted by molar-refractivity contribution is -0.149. The van der Waals surface area contributed by atoms with Crippen LogP contribution >= 0.6 is 11.3 Å². The minimum Gasteiger partial charge on any atom is -0.493 e. The number of hydrogen-bond donors (Lipinski definition) is 1. The Morgan fingerprint density at radius 3 is 2.47 bits per heavy atom. The zero-order valence-corrected chi connectivity index (χ0v) is 18.2. The van der Waals surface area contributed by atoms with Crippen LogP contribution in [0.15, 0.2) is 24.3 Å². The lowest BCUT2D eigenvalue weighted by atomic mass is 10.2. The summed E-state index contributed by atoms with van der Waals surface area (Å²) in [7, 11) is 1.50. The van der Waals surface area contributed by atoms with Gasteiger partial charge in [-0.1, -0.05) is 13.0 Å². The second-order valence-corrected chi connectivity index (χ2v) is 7.32. The smallest absolute Gasteiger partial charge is 0.344 e. The van der Waals surface area contributed by atoms with Gasteiger partial charge >= 0.3 is 11.9 Å². The molecule has 2 rings (SSSR count). The zero-order chi connectivity index (χ0) is 22.1. The maximum absolute atomic E-state index is 12.2. The molecule has 1 aromatic carbocycles. The van der Waals surface area contributed by atoms with Gasteiger partial charge in [0.25, 0.3) is 5.91 Å². The lowest BCUT2D eigenvalue weighted by Gasteiger charge is -2.11. The summed E-state index contributed by atoms with van der Waals surface area (Å²) < 4.78 is 20.6. The first-order valence-corrected chi connectivity index (χ1v) is 10.2. The minimum absolute atomic E-state index is 0.229. The number of ether oxygens (including phenoxy) is 4. The summed E-state index contributed by atoms with van der Waals surface area (Å²) in [5, 5.41) is 2.97. The second-order valence-electron chi connectivity index (χ2n) is 6.18. The van der Waals surface area contributed by atoms with E-state index < -0.39 is 24.5 Å². The molecule has 1 aromatic heterocycles. The first-order chi connectivity index (χ1) is 14.4. The molecule has 0 saturated heterocycles. The molecule has 162 valence electrons. The van der Waals surface area contributed by atoms with Crippen LogP contribution in [-0.2, 0) is 25.5 Å². The van der Waals surface area contributed by atoms with Crippen LogP contribution in [0.4, 0.5) is 5.00 Å². The Morgan fingerprint density at radius 2 is 1.80 bits per heavy atom. The molecule has 1 heterocycles. The van der Waals surface area contributed by atoms with Gasteiger partial charge in [-0.2, -0.15) is 0 Å². The van der Waals surface area contributed by atoms with Gasteiger partial charge < -0.3 is 24.3 Å². The molecule has 0 spiro atoms. The number of amides is 1. The third-order valence-electron chi connectivity index (χ3n) is 3.91. The number of carbonyl (C=O) groups excluding carboxylic acids is 3. The fourth-order valence-corrected chi connectivity index (χ4v) is 3.45. The van der Waals surface area contributed by atoms with Gasteiger partial charge in [0.2, 0.25) is 0 Å². The maximum atomic E-state index is 12.2. The highest BCUT2D eigenvalue weighted by Gasteiger charge is 2.19. The van der Waals surface area contributed by atoms with E-state index in [1.54, 1.807) is 25.1 Å². The molecule has 0 aliphatic carbocycles. The third-order valence-corrected chi connectivity index (χ3v) is 5.10. The number of methoxy groups -OCH3 is 1. The van der Waals surface area contributed by atoms with Crippen molar-refractivity contribution in [1.29, 1.82) is 0 Å². The average molecular weight is 435 g/mol. The first kappa shape index (κ1) is 23.2. The second kappa shape index (κ2) is 11.2. The third kappa shape index (κ3) is 6.48. The van der Waals surface area contributed by atoms with Gasteiger partial charge in [0.05, 0.1) is 19.3 Å². The largest absolute Gasteiger partial charge is 0.493 e. The van der Waals surface area contributed by atoms with Gasteiger partial charge in [0.1, 0.15) is 5.00 Å². The molecule has 0 aliphatic rings. The summed E-state index contributed by atoms with van der Waals surface area (Å²) in [5.41, 5.74) is 1.27. The first-order valence-electron chi connectivity index (χ1n) is 9.40. The van der Waals surface area contributed by atoms with Gasteiger partial charge in [-0.3, -0.25) is 4.79 Å². The number of esters is 2. The Morgan fingerprint density at radius 1 is 1.03 bits per heavy atom. The quantitative estimate of drug-likeness (QED) is 0.571. The summed E-state index contributed by atoms with van der Waals surface area (Å²) in [6, 6.07) is 6.98. The van der Waals surface area contributed by atoms with E-state index in [0.29, 0.717) is 22.9 Å². The highest BCUT2D eigenvalue weighted by atomic mass is 32.1. The van der Waals surface area contributed by atoms with Gasteiger partial charge in [-0.25, -0.2) is 9.59 Å². The molecule has 2 aromatic rings. The summed E-state index contributed by atoms with van der Waals surface area (Å²) >= 11 is 1.28. The predicted octanol–water partition coefficient (Wildman–Crippen LogP) is 3.36. The molecule has 0 radical (unpaired) electrons. The fourth-order valence-electron chi connectivity index (χ4n) is 2.45. The summed E-state index contributed by atoms with van der Waals surface area (Å²) in [5.74, 6) is -0.892. The fraction of sp³-hybridized carbons (Fsp3) is 0.381. The van der Waals surface area contributed by atoms with E-state index >= 15 is 0 Å². The monoisotopic (exact) mass is 435 g/mol. The van der Waals surface area contributed by atoms with Crippen LogP contribution in [-0.4, -0.2) is 44.8 Å². The molecule has 8 nitrogen and oxygen atoms in total. The van der Waals surface area contributed by atoms with Crippen molar-refractivity contribution in [2.45, 2.75) is 27.2 Å². The molecule has 0 unspecified atom stereocenters. The van der Waals surface area contributed by atoms with E-state index in [4.69, 9.17) is 18.9 Å². The Kier molecular flexibility index (Phi) is 8.67. The van der Waals surface area contributed by atoms with E-state index in [-0.39, 0.29) is 18.8 Å². The van der Waals surface area contributed by atoms with Crippen molar-refractivity contribution in [2.24, 2.45) is 0 Å². The molecule has 0 fully saturated rings. The van der Waals surface area contributed by atoms with Crippen molar-refractivity contribution < 1.29 is 33.3 Å². The molecule has 0 atom stereocenters. The van der Waals surface area contributed by atoms with Crippen LogP contribution in [0.1, 0.15) is 34.6 Å². The Labute approximate surface area is 179 Å². The summed E-state index contributed by atoms with van der Waals surface area (Å²) in [6.45, 7) is 4.90. The van der Waals surface area contributed by atoms with Crippen LogP contribution in [0.2, 0.25) is 0 Å². The average Bonchev–Trinajstić information content (AvgIpc) is 3.14. The predicted molar refractivity (Wildman–Crippen MR) is 112 cm³/mol. The molecule has 0 aliphatic heterocycles. The van der Waals surface area contributed by atoms with Crippen LogP contribution in [0, 0.1) is 6.92 Å². The molecular weight excluding hydrogens is 410 g/mol. The summed E-state index contributed by atoms with van der Waals surface area (Å²) in [4.78, 5) is 37.1. The topological polar surface area (TPSA) is 100 Å². The molecule has 0 saturated carbocycles. The SMILES string of the molecule is CCOC(=O)c1cc(CC)sc1NC(=O)COC(=O)COc1ccc(C)cc1OC. The minimum atomic E-state index is -0.709. The zero-order valence-electron chi connectivity index (χ0n) is 17.4. The lowest BCUT2D eigenvalue weighted by Crippen LogP contribution is -2.24. The van der Waals surface area contributed by atoms with Crippen molar-refractivity contribution in [1.82, 2.24) is 0 Å². The number of nitrogens with one attached hydrogen (secondary N) is 1. The number of carbonyl (C=O) groups is 3. The number of rotatable bonds is 10. The van der Waals surface area contributed by atoms with Gasteiger partial charge in [0, 0.05) is 4.88 Å². The highest BCUT2D eigenvalue weighted by molar-refractivity contribution is 7.16. The van der Waals surface area contributed by atoms with E-state index in [9.17, 15) is 14.4 Å². The van der Waals surface area contributed by atoms with E-state index in [0.717, 1.165) is 10.4 Å². The van der Waals surface area contributed by atoms with Crippen LogP contribution in [0.25, 0.3) is 0 Å². The van der Waals surface area contributed by atoms with Crippen molar-refractivity contribution >= 4 is 34.2 Å². The molecule has 9 heteroatoms.